The highest BCUT2D eigenvalue weighted by atomic mass is 19.1. The Morgan fingerprint density at radius 3 is 2.74 bits per heavy atom. The molecule has 0 bridgehead atoms. The number of H-pyrrole nitrogens is 2. The minimum Gasteiger partial charge on any atom is -0.347 e. The lowest BCUT2D eigenvalue weighted by Crippen LogP contribution is -2.26. The number of benzene rings is 1. The van der Waals surface area contributed by atoms with Crippen LogP contribution in [0.2, 0.25) is 0 Å². The summed E-state index contributed by atoms with van der Waals surface area (Å²) < 4.78 is 13.4. The summed E-state index contributed by atoms with van der Waals surface area (Å²) in [5.74, 6) is -0.247. The van der Waals surface area contributed by atoms with Gasteiger partial charge in [-0.2, -0.15) is 5.10 Å². The fourth-order valence-electron chi connectivity index (χ4n) is 3.72. The van der Waals surface area contributed by atoms with Gasteiger partial charge in [0, 0.05) is 24.0 Å². The quantitative estimate of drug-likeness (QED) is 0.582. The zero-order chi connectivity index (χ0) is 18.2. The van der Waals surface area contributed by atoms with Crippen LogP contribution in [0.1, 0.15) is 28.9 Å². The first-order valence-electron chi connectivity index (χ1n) is 8.74. The summed E-state index contributed by atoms with van der Waals surface area (Å²) in [5.41, 5.74) is 3.96. The Hall–Kier alpha value is -3.48. The van der Waals surface area contributed by atoms with Crippen LogP contribution in [0.3, 0.4) is 0 Å². The van der Waals surface area contributed by atoms with Crippen LogP contribution in [-0.2, 0) is 6.54 Å². The first-order chi connectivity index (χ1) is 13.3. The summed E-state index contributed by atoms with van der Waals surface area (Å²) in [5, 5.41) is 8.11. The van der Waals surface area contributed by atoms with Crippen molar-refractivity contribution in [3.05, 3.63) is 83.7 Å². The number of nitrogens with one attached hydrogen (secondary N) is 2. The lowest BCUT2D eigenvalue weighted by molar-refractivity contribution is 0.309. The molecule has 1 aliphatic heterocycles. The van der Waals surface area contributed by atoms with Crippen molar-refractivity contribution >= 4 is 17.4 Å². The van der Waals surface area contributed by atoms with E-state index in [0.717, 1.165) is 27.9 Å². The van der Waals surface area contributed by atoms with Gasteiger partial charge < -0.3 is 9.88 Å². The molecular formula is C20H17FN6. The number of pyridine rings is 1. The van der Waals surface area contributed by atoms with E-state index in [1.807, 2.05) is 36.9 Å². The number of nitrogens with zero attached hydrogens (tertiary/aromatic N) is 4. The summed E-state index contributed by atoms with van der Waals surface area (Å²) in [7, 11) is 0. The summed E-state index contributed by atoms with van der Waals surface area (Å²) in [6.07, 6.45) is 7.32. The van der Waals surface area contributed by atoms with Crippen molar-refractivity contribution in [3.8, 4) is 0 Å². The van der Waals surface area contributed by atoms with Crippen molar-refractivity contribution < 1.29 is 4.39 Å². The second-order valence-electron chi connectivity index (χ2n) is 6.60. The molecule has 0 radical (unpaired) electrons. The monoisotopic (exact) mass is 360 g/mol. The SMILES string of the molecule is Fc1ccc(C2N=CN(Cc3ccn[nH]3)C2c2ccnc3[nH]ccc23)cc1. The zero-order valence-electron chi connectivity index (χ0n) is 14.4. The van der Waals surface area contributed by atoms with Gasteiger partial charge in [-0.1, -0.05) is 12.1 Å². The average Bonchev–Trinajstić information content (AvgIpc) is 3.43. The van der Waals surface area contributed by atoms with Crippen LogP contribution in [-0.4, -0.2) is 31.4 Å². The van der Waals surface area contributed by atoms with Crippen molar-refractivity contribution in [3.63, 3.8) is 0 Å². The average molecular weight is 360 g/mol. The Morgan fingerprint density at radius 1 is 1.04 bits per heavy atom. The summed E-state index contributed by atoms with van der Waals surface area (Å²) >= 11 is 0. The van der Waals surface area contributed by atoms with Gasteiger partial charge in [0.2, 0.25) is 0 Å². The summed E-state index contributed by atoms with van der Waals surface area (Å²) in [6, 6.07) is 12.4. The Balaban J connectivity index is 1.60. The largest absolute Gasteiger partial charge is 0.347 e. The lowest BCUT2D eigenvalue weighted by atomic mass is 9.92. The smallest absolute Gasteiger partial charge is 0.137 e. The molecule has 0 amide bonds. The van der Waals surface area contributed by atoms with E-state index in [0.29, 0.717) is 6.54 Å². The normalized spacial score (nSPS) is 19.2. The van der Waals surface area contributed by atoms with Crippen molar-refractivity contribution in [2.45, 2.75) is 18.6 Å². The first kappa shape index (κ1) is 15.7. The molecule has 0 fully saturated rings. The van der Waals surface area contributed by atoms with Crippen LogP contribution in [0, 0.1) is 5.82 Å². The molecule has 1 aromatic carbocycles. The van der Waals surface area contributed by atoms with Crippen LogP contribution in [0.15, 0.2) is 66.0 Å². The minimum absolute atomic E-state index is 0.0277. The van der Waals surface area contributed by atoms with Gasteiger partial charge in [0.1, 0.15) is 17.5 Å². The van der Waals surface area contributed by atoms with Crippen molar-refractivity contribution in [2.24, 2.45) is 4.99 Å². The lowest BCUT2D eigenvalue weighted by Gasteiger charge is -2.29. The van der Waals surface area contributed by atoms with Crippen molar-refractivity contribution in [2.75, 3.05) is 0 Å². The third-order valence-corrected chi connectivity index (χ3v) is 4.97. The van der Waals surface area contributed by atoms with Gasteiger partial charge in [-0.05, 0) is 41.5 Å². The number of aliphatic imine (C=N–C) groups is 1. The van der Waals surface area contributed by atoms with E-state index in [1.54, 1.807) is 18.3 Å². The number of halogens is 1. The second-order valence-corrected chi connectivity index (χ2v) is 6.60. The molecule has 4 aromatic rings. The van der Waals surface area contributed by atoms with Crippen molar-refractivity contribution in [1.29, 1.82) is 0 Å². The fourth-order valence-corrected chi connectivity index (χ4v) is 3.72. The van der Waals surface area contributed by atoms with Gasteiger partial charge >= 0.3 is 0 Å². The standard InChI is InChI=1S/C20H17FN6/c21-14-3-1-13(2-4-14)18-19(16-6-8-22-20-17(16)7-9-23-20)27(12-24-18)11-15-5-10-25-26-15/h1-10,12,18-19H,11H2,(H,22,23)(H,25,26). The Kier molecular flexibility index (Phi) is 3.71. The zero-order valence-corrected chi connectivity index (χ0v) is 14.4. The maximum atomic E-state index is 13.4. The van der Waals surface area contributed by atoms with Gasteiger partial charge in [-0.25, -0.2) is 9.37 Å². The molecule has 3 aromatic heterocycles. The van der Waals surface area contributed by atoms with E-state index < -0.39 is 0 Å². The maximum Gasteiger partial charge on any atom is 0.137 e. The van der Waals surface area contributed by atoms with Crippen LogP contribution < -0.4 is 0 Å². The van der Waals surface area contributed by atoms with E-state index in [2.05, 4.69) is 25.1 Å². The van der Waals surface area contributed by atoms with E-state index in [4.69, 9.17) is 4.99 Å². The van der Waals surface area contributed by atoms with E-state index >= 15 is 0 Å². The topological polar surface area (TPSA) is 73.0 Å². The Morgan fingerprint density at radius 2 is 1.93 bits per heavy atom. The highest BCUT2D eigenvalue weighted by molar-refractivity contribution is 5.81. The van der Waals surface area contributed by atoms with E-state index in [1.165, 1.54) is 12.1 Å². The number of aromatic nitrogens is 4. The predicted molar refractivity (Wildman–Crippen MR) is 101 cm³/mol. The summed E-state index contributed by atoms with van der Waals surface area (Å²) in [4.78, 5) is 14.5. The molecule has 2 N–H and O–H groups in total. The Bertz CT molecular complexity index is 1080. The van der Waals surface area contributed by atoms with Crippen LogP contribution in [0.4, 0.5) is 4.39 Å². The molecule has 5 rings (SSSR count). The molecule has 7 heteroatoms. The highest BCUT2D eigenvalue weighted by Gasteiger charge is 2.34. The molecule has 2 atom stereocenters. The molecule has 6 nitrogen and oxygen atoms in total. The first-order valence-corrected chi connectivity index (χ1v) is 8.74. The maximum absolute atomic E-state index is 13.4. The molecule has 2 unspecified atom stereocenters. The molecule has 0 spiro atoms. The van der Waals surface area contributed by atoms with Gasteiger partial charge in [0.15, 0.2) is 0 Å². The highest BCUT2D eigenvalue weighted by Crippen LogP contribution is 2.42. The minimum atomic E-state index is -0.247. The van der Waals surface area contributed by atoms with E-state index in [9.17, 15) is 4.39 Å². The summed E-state index contributed by atoms with van der Waals surface area (Å²) in [6.45, 7) is 0.653. The molecule has 1 aliphatic rings. The molecule has 0 saturated carbocycles. The molecular weight excluding hydrogens is 343 g/mol. The van der Waals surface area contributed by atoms with Crippen LogP contribution >= 0.6 is 0 Å². The van der Waals surface area contributed by atoms with Gasteiger partial charge in [0.25, 0.3) is 0 Å². The fraction of sp³-hybridized carbons (Fsp3) is 0.150. The molecule has 134 valence electrons. The van der Waals surface area contributed by atoms with Gasteiger partial charge in [-0.3, -0.25) is 10.1 Å². The van der Waals surface area contributed by atoms with Crippen molar-refractivity contribution in [1.82, 2.24) is 25.1 Å². The molecule has 4 heterocycles. The molecule has 0 saturated heterocycles. The number of rotatable bonds is 4. The van der Waals surface area contributed by atoms with Crippen LogP contribution in [0.5, 0.6) is 0 Å². The van der Waals surface area contributed by atoms with Gasteiger partial charge in [-0.15, -0.1) is 0 Å². The number of hydrogen-bond acceptors (Lipinski definition) is 4. The Labute approximate surface area is 154 Å². The predicted octanol–water partition coefficient (Wildman–Crippen LogP) is 3.75. The number of hydrogen-bond donors (Lipinski definition) is 2. The van der Waals surface area contributed by atoms with Gasteiger partial charge in [0.05, 0.1) is 24.6 Å². The third kappa shape index (κ3) is 2.77. The number of aromatic amines is 2. The molecule has 27 heavy (non-hydrogen) atoms. The molecule has 0 aliphatic carbocycles. The second kappa shape index (κ2) is 6.35. The van der Waals surface area contributed by atoms with E-state index in [-0.39, 0.29) is 17.9 Å². The van der Waals surface area contributed by atoms with Crippen LogP contribution in [0.25, 0.3) is 11.0 Å². The third-order valence-electron chi connectivity index (χ3n) is 4.97. The number of fused-ring (bicyclic) bond motifs is 1.